The van der Waals surface area contributed by atoms with Crippen molar-refractivity contribution >= 4 is 18.1 Å². The van der Waals surface area contributed by atoms with Crippen LogP contribution in [0.1, 0.15) is 18.1 Å². The maximum Gasteiger partial charge on any atom is 0.246 e. The molecule has 0 saturated heterocycles. The molecule has 84 valence electrons. The van der Waals surface area contributed by atoms with E-state index >= 15 is 0 Å². The molecular weight excluding hydrogens is 204 g/mol. The fourth-order valence-electron chi connectivity index (χ4n) is 1.16. The van der Waals surface area contributed by atoms with E-state index in [9.17, 15) is 4.79 Å². The van der Waals surface area contributed by atoms with Crippen molar-refractivity contribution in [3.63, 3.8) is 0 Å². The third kappa shape index (κ3) is 2.91. The first kappa shape index (κ1) is 11.9. The lowest BCUT2D eigenvalue weighted by atomic mass is 10.1. The van der Waals surface area contributed by atoms with E-state index in [2.05, 4.69) is 5.10 Å². The number of hydrogen-bond donors (Lipinski definition) is 2. The molecule has 1 rings (SSSR count). The molecule has 1 aromatic rings. The fourth-order valence-corrected chi connectivity index (χ4v) is 1.16. The first-order chi connectivity index (χ1) is 7.52. The summed E-state index contributed by atoms with van der Waals surface area (Å²) < 4.78 is 0. The maximum absolute atomic E-state index is 11.1. The molecule has 3 N–H and O–H groups in total. The molecular formula is C11H14N4O. The molecule has 16 heavy (non-hydrogen) atoms. The van der Waals surface area contributed by atoms with Crippen LogP contribution in [0.15, 0.2) is 29.4 Å². The number of rotatable bonds is 2. The highest BCUT2D eigenvalue weighted by molar-refractivity contribution is 5.95. The standard InChI is InChI=1S/C11H14N4O/c1-8-5-3-4-6-10(8)7-14-15(9(2)16)11(12)13/h3-7H,1-2H3,(H3,12,13)/b14-7+. The Bertz CT molecular complexity index is 425. The molecule has 0 fully saturated rings. The van der Waals surface area contributed by atoms with Gasteiger partial charge in [0.05, 0.1) is 6.21 Å². The molecule has 0 atom stereocenters. The van der Waals surface area contributed by atoms with Crippen LogP contribution in [0.2, 0.25) is 0 Å². The number of carbonyl (C=O) groups is 1. The summed E-state index contributed by atoms with van der Waals surface area (Å²) in [4.78, 5) is 11.1. The van der Waals surface area contributed by atoms with Gasteiger partial charge in [-0.15, -0.1) is 0 Å². The SMILES string of the molecule is CC(=O)N(/N=C/c1ccccc1C)C(=N)N. The van der Waals surface area contributed by atoms with Gasteiger partial charge in [-0.1, -0.05) is 24.3 Å². The average Bonchev–Trinajstić information content (AvgIpc) is 2.20. The van der Waals surface area contributed by atoms with Crippen molar-refractivity contribution in [3.05, 3.63) is 35.4 Å². The molecule has 0 bridgehead atoms. The summed E-state index contributed by atoms with van der Waals surface area (Å²) in [7, 11) is 0. The topological polar surface area (TPSA) is 82.5 Å². The molecule has 0 unspecified atom stereocenters. The highest BCUT2D eigenvalue weighted by Crippen LogP contribution is 2.04. The normalized spacial score (nSPS) is 10.4. The summed E-state index contributed by atoms with van der Waals surface area (Å²) >= 11 is 0. The second-order valence-electron chi connectivity index (χ2n) is 3.32. The first-order valence-corrected chi connectivity index (χ1v) is 4.76. The number of hydrogen-bond acceptors (Lipinski definition) is 3. The van der Waals surface area contributed by atoms with E-state index in [1.54, 1.807) is 0 Å². The molecule has 0 spiro atoms. The quantitative estimate of drug-likeness (QED) is 0.442. The Hall–Kier alpha value is -2.17. The highest BCUT2D eigenvalue weighted by Gasteiger charge is 2.08. The van der Waals surface area contributed by atoms with Gasteiger partial charge in [0.2, 0.25) is 11.9 Å². The zero-order valence-corrected chi connectivity index (χ0v) is 9.27. The number of amides is 1. The van der Waals surface area contributed by atoms with Crippen molar-refractivity contribution in [3.8, 4) is 0 Å². The van der Waals surface area contributed by atoms with E-state index in [1.807, 2.05) is 31.2 Å². The summed E-state index contributed by atoms with van der Waals surface area (Å²) in [6.07, 6.45) is 1.51. The summed E-state index contributed by atoms with van der Waals surface area (Å²) in [5.74, 6) is -0.783. The Labute approximate surface area is 94.1 Å². The van der Waals surface area contributed by atoms with E-state index in [0.29, 0.717) is 0 Å². The molecule has 0 aliphatic rings. The van der Waals surface area contributed by atoms with E-state index in [0.717, 1.165) is 16.1 Å². The Morgan fingerprint density at radius 1 is 1.50 bits per heavy atom. The minimum absolute atomic E-state index is 0.391. The third-order valence-corrected chi connectivity index (χ3v) is 2.03. The van der Waals surface area contributed by atoms with Crippen LogP contribution >= 0.6 is 0 Å². The van der Waals surface area contributed by atoms with Crippen LogP contribution in [0.3, 0.4) is 0 Å². The molecule has 0 heterocycles. The van der Waals surface area contributed by atoms with Crippen LogP contribution in [0.25, 0.3) is 0 Å². The van der Waals surface area contributed by atoms with Crippen molar-refractivity contribution in [2.24, 2.45) is 10.8 Å². The number of benzene rings is 1. The smallest absolute Gasteiger partial charge is 0.246 e. The van der Waals surface area contributed by atoms with Gasteiger partial charge in [-0.05, 0) is 18.1 Å². The predicted octanol–water partition coefficient (Wildman–Crippen LogP) is 1.07. The summed E-state index contributed by atoms with van der Waals surface area (Å²) in [5, 5.41) is 11.9. The summed E-state index contributed by atoms with van der Waals surface area (Å²) in [6.45, 7) is 3.24. The van der Waals surface area contributed by atoms with Gasteiger partial charge in [-0.2, -0.15) is 10.1 Å². The van der Waals surface area contributed by atoms with Crippen LogP contribution in [-0.2, 0) is 4.79 Å². The van der Waals surface area contributed by atoms with Crippen LogP contribution in [0.4, 0.5) is 0 Å². The van der Waals surface area contributed by atoms with E-state index in [4.69, 9.17) is 11.1 Å². The number of hydrazone groups is 1. The molecule has 0 aliphatic carbocycles. The third-order valence-electron chi connectivity index (χ3n) is 2.03. The van der Waals surface area contributed by atoms with Crippen molar-refractivity contribution in [1.82, 2.24) is 5.01 Å². The van der Waals surface area contributed by atoms with E-state index in [1.165, 1.54) is 13.1 Å². The van der Waals surface area contributed by atoms with Crippen molar-refractivity contribution < 1.29 is 4.79 Å². The average molecular weight is 218 g/mol. The predicted molar refractivity (Wildman–Crippen MR) is 63.2 cm³/mol. The second-order valence-corrected chi connectivity index (χ2v) is 3.32. The molecule has 5 heteroatoms. The Kier molecular flexibility index (Phi) is 3.77. The van der Waals surface area contributed by atoms with Crippen molar-refractivity contribution in [1.29, 1.82) is 5.41 Å². The van der Waals surface area contributed by atoms with Crippen LogP contribution in [-0.4, -0.2) is 23.1 Å². The number of aryl methyl sites for hydroxylation is 1. The van der Waals surface area contributed by atoms with Gasteiger partial charge in [-0.3, -0.25) is 10.2 Å². The van der Waals surface area contributed by atoms with Gasteiger partial charge in [0.15, 0.2) is 0 Å². The highest BCUT2D eigenvalue weighted by atomic mass is 16.2. The minimum atomic E-state index is -0.391. The minimum Gasteiger partial charge on any atom is -0.368 e. The van der Waals surface area contributed by atoms with Gasteiger partial charge in [0.1, 0.15) is 0 Å². The molecule has 0 aromatic heterocycles. The van der Waals surface area contributed by atoms with Crippen LogP contribution in [0, 0.1) is 12.3 Å². The van der Waals surface area contributed by atoms with Crippen molar-refractivity contribution in [2.75, 3.05) is 0 Å². The number of carbonyl (C=O) groups excluding carboxylic acids is 1. The summed E-state index contributed by atoms with van der Waals surface area (Å²) in [6, 6.07) is 7.60. The molecule has 5 nitrogen and oxygen atoms in total. The van der Waals surface area contributed by atoms with Crippen molar-refractivity contribution in [2.45, 2.75) is 13.8 Å². The lowest BCUT2D eigenvalue weighted by Gasteiger charge is -2.11. The van der Waals surface area contributed by atoms with Crippen LogP contribution < -0.4 is 5.73 Å². The number of nitrogens with one attached hydrogen (secondary N) is 1. The number of nitrogens with zero attached hydrogens (tertiary/aromatic N) is 2. The van der Waals surface area contributed by atoms with Gasteiger partial charge >= 0.3 is 0 Å². The zero-order chi connectivity index (χ0) is 12.1. The molecule has 0 aliphatic heterocycles. The lowest BCUT2D eigenvalue weighted by molar-refractivity contribution is -0.125. The Morgan fingerprint density at radius 2 is 2.12 bits per heavy atom. The Morgan fingerprint density at radius 3 is 2.62 bits per heavy atom. The number of nitrogens with two attached hydrogens (primary N) is 1. The zero-order valence-electron chi connectivity index (χ0n) is 9.27. The molecule has 0 saturated carbocycles. The maximum atomic E-state index is 11.1. The lowest BCUT2D eigenvalue weighted by Crippen LogP contribution is -2.35. The Balaban J connectivity index is 2.91. The monoisotopic (exact) mass is 218 g/mol. The van der Waals surface area contributed by atoms with Gasteiger partial charge in [0.25, 0.3) is 0 Å². The van der Waals surface area contributed by atoms with E-state index in [-0.39, 0.29) is 0 Å². The molecule has 1 aromatic carbocycles. The van der Waals surface area contributed by atoms with Crippen LogP contribution in [0.5, 0.6) is 0 Å². The fraction of sp³-hybridized carbons (Fsp3) is 0.182. The van der Waals surface area contributed by atoms with Gasteiger partial charge < -0.3 is 5.73 Å². The van der Waals surface area contributed by atoms with Gasteiger partial charge in [0, 0.05) is 6.92 Å². The summed E-state index contributed by atoms with van der Waals surface area (Å²) in [5.41, 5.74) is 7.14. The largest absolute Gasteiger partial charge is 0.368 e. The first-order valence-electron chi connectivity index (χ1n) is 4.76. The number of guanidine groups is 1. The van der Waals surface area contributed by atoms with E-state index < -0.39 is 11.9 Å². The van der Waals surface area contributed by atoms with Gasteiger partial charge in [-0.25, -0.2) is 0 Å². The molecule has 1 amide bonds. The second kappa shape index (κ2) is 5.06. The molecule has 0 radical (unpaired) electrons.